The molecule has 240 valence electrons. The van der Waals surface area contributed by atoms with Crippen LogP contribution in [0.1, 0.15) is 86.5 Å². The number of alkyl halides is 6. The van der Waals surface area contributed by atoms with Crippen molar-refractivity contribution < 1.29 is 35.8 Å². The Bertz CT molecular complexity index is 1700. The van der Waals surface area contributed by atoms with E-state index in [1.165, 1.54) is 28.9 Å². The van der Waals surface area contributed by atoms with Crippen molar-refractivity contribution >= 4 is 11.1 Å². The lowest BCUT2D eigenvalue weighted by Gasteiger charge is -2.43. The second-order valence-electron chi connectivity index (χ2n) is 12.5. The second kappa shape index (κ2) is 12.6. The molecule has 0 saturated carbocycles. The Kier molecular flexibility index (Phi) is 8.71. The summed E-state index contributed by atoms with van der Waals surface area (Å²) in [6.07, 6.45) is 1.44. The van der Waals surface area contributed by atoms with Gasteiger partial charge in [0.25, 0.3) is 0 Å². The van der Waals surface area contributed by atoms with Crippen LogP contribution in [-0.4, -0.2) is 12.7 Å². The Hall–Kier alpha value is -4.12. The van der Waals surface area contributed by atoms with E-state index in [0.717, 1.165) is 42.4 Å². The summed E-state index contributed by atoms with van der Waals surface area (Å²) in [5, 5.41) is 0. The number of halogens is 6. The van der Waals surface area contributed by atoms with Gasteiger partial charge >= 0.3 is 12.7 Å². The monoisotopic (exact) mass is 636 g/mol. The number of hydrogen-bond acceptors (Lipinski definition) is 2. The molecule has 0 aliphatic heterocycles. The summed E-state index contributed by atoms with van der Waals surface area (Å²) in [5.74, 6) is 1.02. The normalized spacial score (nSPS) is 24.9. The fourth-order valence-electron chi connectivity index (χ4n) is 7.49. The molecule has 2 aromatic carbocycles. The Balaban J connectivity index is 1.26. The highest BCUT2D eigenvalue weighted by Gasteiger charge is 2.39. The van der Waals surface area contributed by atoms with Gasteiger partial charge in [-0.25, -0.2) is 0 Å². The first-order chi connectivity index (χ1) is 21.8. The van der Waals surface area contributed by atoms with E-state index in [2.05, 4.69) is 71.2 Å². The quantitative estimate of drug-likeness (QED) is 0.178. The van der Waals surface area contributed by atoms with Gasteiger partial charge in [-0.15, -0.1) is 26.3 Å². The summed E-state index contributed by atoms with van der Waals surface area (Å²) in [5.41, 5.74) is 14.2. The van der Waals surface area contributed by atoms with Gasteiger partial charge in [-0.3, -0.25) is 0 Å². The molecule has 6 rings (SSSR count). The van der Waals surface area contributed by atoms with Crippen LogP contribution < -0.4 is 0 Å². The largest absolute Gasteiger partial charge is 0.573 e. The lowest BCUT2D eigenvalue weighted by molar-refractivity contribution is -0.306. The fourth-order valence-corrected chi connectivity index (χ4v) is 7.49. The van der Waals surface area contributed by atoms with Gasteiger partial charge in [0.2, 0.25) is 0 Å². The molecule has 46 heavy (non-hydrogen) atoms. The van der Waals surface area contributed by atoms with E-state index < -0.39 is 18.5 Å². The van der Waals surface area contributed by atoms with Crippen LogP contribution in [0.3, 0.4) is 0 Å². The SMILES string of the molecule is CC1CCC(c2ccc(C3=C=C=C(OC(F)(F)F)C=C3)cc2)C2=C1C(C)CCC2c1ccc(C2=CC=C(OC(F)(F)F)CC2)cc1. The maximum absolute atomic E-state index is 12.6. The van der Waals surface area contributed by atoms with Crippen LogP contribution in [0.4, 0.5) is 26.3 Å². The van der Waals surface area contributed by atoms with Gasteiger partial charge in [-0.2, -0.15) is 0 Å². The Labute approximate surface area is 264 Å². The van der Waals surface area contributed by atoms with E-state index in [9.17, 15) is 26.3 Å². The molecule has 0 aromatic heterocycles. The summed E-state index contributed by atoms with van der Waals surface area (Å²) >= 11 is 0. The average molecular weight is 637 g/mol. The maximum atomic E-state index is 12.6. The zero-order valence-electron chi connectivity index (χ0n) is 25.6. The van der Waals surface area contributed by atoms with Crippen molar-refractivity contribution in [1.29, 1.82) is 0 Å². The van der Waals surface area contributed by atoms with Crippen molar-refractivity contribution in [2.75, 3.05) is 0 Å². The van der Waals surface area contributed by atoms with Crippen LogP contribution in [0, 0.1) is 11.8 Å². The van der Waals surface area contributed by atoms with E-state index in [1.807, 2.05) is 12.1 Å². The lowest BCUT2D eigenvalue weighted by Crippen LogP contribution is -2.28. The molecule has 0 bridgehead atoms. The second-order valence-corrected chi connectivity index (χ2v) is 12.5. The molecule has 2 aromatic rings. The van der Waals surface area contributed by atoms with Crippen molar-refractivity contribution in [3.63, 3.8) is 0 Å². The van der Waals surface area contributed by atoms with Gasteiger partial charge in [-0.05, 0) is 95.7 Å². The minimum absolute atomic E-state index is 0.0703. The van der Waals surface area contributed by atoms with Crippen molar-refractivity contribution in [3.8, 4) is 0 Å². The summed E-state index contributed by atoms with van der Waals surface area (Å²) in [6.45, 7) is 4.66. The van der Waals surface area contributed by atoms with E-state index >= 15 is 0 Å². The predicted molar refractivity (Wildman–Crippen MR) is 165 cm³/mol. The van der Waals surface area contributed by atoms with Crippen molar-refractivity contribution in [3.05, 3.63) is 129 Å². The first kappa shape index (κ1) is 31.8. The Morgan fingerprint density at radius 3 is 1.65 bits per heavy atom. The fraction of sp³-hybridized carbons (Fsp3) is 0.368. The van der Waals surface area contributed by atoms with Gasteiger partial charge in [0.15, 0.2) is 5.76 Å². The molecule has 0 spiro atoms. The molecular weight excluding hydrogens is 602 g/mol. The van der Waals surface area contributed by atoms with Gasteiger partial charge in [0.1, 0.15) is 5.76 Å². The van der Waals surface area contributed by atoms with Gasteiger partial charge in [0.05, 0.1) is 0 Å². The highest BCUT2D eigenvalue weighted by molar-refractivity contribution is 5.75. The van der Waals surface area contributed by atoms with Gasteiger partial charge in [-0.1, -0.05) is 85.3 Å². The number of ether oxygens (including phenoxy) is 2. The zero-order valence-corrected chi connectivity index (χ0v) is 25.6. The van der Waals surface area contributed by atoms with Crippen molar-refractivity contribution in [2.45, 2.75) is 76.9 Å². The van der Waals surface area contributed by atoms with Gasteiger partial charge in [0, 0.05) is 23.8 Å². The lowest BCUT2D eigenvalue weighted by atomic mass is 9.61. The van der Waals surface area contributed by atoms with Crippen LogP contribution >= 0.6 is 0 Å². The first-order valence-electron chi connectivity index (χ1n) is 15.6. The van der Waals surface area contributed by atoms with Crippen molar-refractivity contribution in [2.24, 2.45) is 11.8 Å². The van der Waals surface area contributed by atoms with Crippen LogP contribution in [0.15, 0.2) is 107 Å². The summed E-state index contributed by atoms with van der Waals surface area (Å²) in [6, 6.07) is 16.7. The number of hydrogen-bond donors (Lipinski definition) is 0. The van der Waals surface area contributed by atoms with E-state index in [-0.39, 0.29) is 24.0 Å². The molecule has 0 saturated heterocycles. The predicted octanol–water partition coefficient (Wildman–Crippen LogP) is 11.4. The summed E-state index contributed by atoms with van der Waals surface area (Å²) in [7, 11) is 0. The van der Waals surface area contributed by atoms with Crippen LogP contribution in [0.25, 0.3) is 11.1 Å². The summed E-state index contributed by atoms with van der Waals surface area (Å²) in [4.78, 5) is 0. The Morgan fingerprint density at radius 1 is 0.609 bits per heavy atom. The molecule has 2 nitrogen and oxygen atoms in total. The number of allylic oxidation sites excluding steroid dienone is 9. The molecule has 4 aliphatic rings. The third-order valence-electron chi connectivity index (χ3n) is 9.54. The zero-order chi connectivity index (χ0) is 32.6. The third-order valence-corrected chi connectivity index (χ3v) is 9.54. The maximum Gasteiger partial charge on any atom is 0.573 e. The molecular formula is C38H34F6O2. The highest BCUT2D eigenvalue weighted by Crippen LogP contribution is 2.54. The minimum Gasteiger partial charge on any atom is -0.410 e. The molecule has 8 heteroatoms. The topological polar surface area (TPSA) is 18.5 Å². The summed E-state index contributed by atoms with van der Waals surface area (Å²) < 4.78 is 83.4. The number of benzene rings is 2. The molecule has 0 radical (unpaired) electrons. The highest BCUT2D eigenvalue weighted by atomic mass is 19.4. The van der Waals surface area contributed by atoms with Crippen LogP contribution in [0.5, 0.6) is 0 Å². The molecule has 0 heterocycles. The molecule has 4 atom stereocenters. The van der Waals surface area contributed by atoms with Crippen LogP contribution in [0.2, 0.25) is 0 Å². The van der Waals surface area contributed by atoms with E-state index in [0.29, 0.717) is 23.8 Å². The Morgan fingerprint density at radius 2 is 1.17 bits per heavy atom. The average Bonchev–Trinajstić information content (AvgIpc) is 3.01. The first-order valence-corrected chi connectivity index (χ1v) is 15.6. The minimum atomic E-state index is -4.78. The molecule has 0 amide bonds. The number of rotatable bonds is 6. The molecule has 4 unspecified atom stereocenters. The van der Waals surface area contributed by atoms with E-state index in [4.69, 9.17) is 0 Å². The van der Waals surface area contributed by atoms with E-state index in [1.54, 1.807) is 17.7 Å². The molecule has 4 aliphatic carbocycles. The third kappa shape index (κ3) is 7.14. The molecule has 0 N–H and O–H groups in total. The van der Waals surface area contributed by atoms with Crippen LogP contribution in [-0.2, 0) is 9.47 Å². The molecule has 0 fully saturated rings. The van der Waals surface area contributed by atoms with Gasteiger partial charge < -0.3 is 9.47 Å². The standard InChI is InChI=1S/C38H34F6O2/c1-23-3-21-33(29-9-5-25(6-10-29)27-13-17-31(18-14-27)45-37(39,40)41)36-34(22-4-24(2)35(23)36)30-11-7-26(8-12-30)28-15-19-32(20-16-28)46-38(42,43)44/h5-13,15,17,19,23-24,33-34H,3-4,14,18,21-22H2,1-2H3. The smallest absolute Gasteiger partial charge is 0.410 e. The van der Waals surface area contributed by atoms with Crippen molar-refractivity contribution in [1.82, 2.24) is 0 Å².